The number of hydrogen-bond donors (Lipinski definition) is 2. The molecular formula is C10H13F3N2O2. The van der Waals surface area contributed by atoms with Gasteiger partial charge in [-0.05, 0) is 13.0 Å². The van der Waals surface area contributed by atoms with Gasteiger partial charge < -0.3 is 15.2 Å². The third-order valence-corrected chi connectivity index (χ3v) is 2.09. The monoisotopic (exact) mass is 250 g/mol. The van der Waals surface area contributed by atoms with Gasteiger partial charge in [0.05, 0.1) is 19.0 Å². The average Bonchev–Trinajstić information content (AvgIpc) is 2.24. The molecule has 1 rings (SSSR count). The zero-order chi connectivity index (χ0) is 13.1. The summed E-state index contributed by atoms with van der Waals surface area (Å²) in [5.74, 6) is 0.324. The second-order valence-corrected chi connectivity index (χ2v) is 3.46. The molecule has 0 saturated heterocycles. The van der Waals surface area contributed by atoms with E-state index < -0.39 is 18.8 Å². The van der Waals surface area contributed by atoms with Gasteiger partial charge in [0.2, 0.25) is 0 Å². The number of aliphatic hydroxyl groups excluding tert-OH is 1. The first-order valence-electron chi connectivity index (χ1n) is 4.84. The van der Waals surface area contributed by atoms with Crippen LogP contribution in [0.15, 0.2) is 12.3 Å². The highest BCUT2D eigenvalue weighted by Gasteiger charge is 2.37. The number of anilines is 1. The Bertz CT molecular complexity index is 382. The zero-order valence-electron chi connectivity index (χ0n) is 9.38. The maximum atomic E-state index is 12.1. The number of pyridine rings is 1. The van der Waals surface area contributed by atoms with Crippen LogP contribution in [0.1, 0.15) is 5.69 Å². The van der Waals surface area contributed by atoms with Crippen molar-refractivity contribution < 1.29 is 23.0 Å². The molecule has 0 aliphatic carbocycles. The molecular weight excluding hydrogens is 237 g/mol. The molecule has 0 bridgehead atoms. The standard InChI is InChI=1S/C10H13F3N2O2/c1-6-3-7(8(17-2)4-14-6)15-5-9(16)10(11,12)13/h3-4,9,16H,5H2,1-2H3,(H,14,15). The fourth-order valence-electron chi connectivity index (χ4n) is 1.17. The molecule has 0 radical (unpaired) electrons. The third-order valence-electron chi connectivity index (χ3n) is 2.09. The molecule has 1 aromatic rings. The second kappa shape index (κ2) is 5.22. The lowest BCUT2D eigenvalue weighted by Crippen LogP contribution is -2.35. The van der Waals surface area contributed by atoms with E-state index in [1.807, 2.05) is 0 Å². The minimum Gasteiger partial charge on any atom is -0.493 e. The van der Waals surface area contributed by atoms with Gasteiger partial charge in [-0.2, -0.15) is 13.2 Å². The van der Waals surface area contributed by atoms with E-state index in [0.29, 0.717) is 17.1 Å². The number of halogens is 3. The third kappa shape index (κ3) is 3.77. The number of ether oxygens (including phenoxy) is 1. The summed E-state index contributed by atoms with van der Waals surface area (Å²) in [6.45, 7) is 1.06. The van der Waals surface area contributed by atoms with Crippen LogP contribution in [0.3, 0.4) is 0 Å². The van der Waals surface area contributed by atoms with E-state index >= 15 is 0 Å². The molecule has 1 aromatic heterocycles. The van der Waals surface area contributed by atoms with Crippen LogP contribution >= 0.6 is 0 Å². The van der Waals surface area contributed by atoms with Crippen molar-refractivity contribution in [2.24, 2.45) is 0 Å². The van der Waals surface area contributed by atoms with E-state index in [-0.39, 0.29) is 0 Å². The molecule has 0 fully saturated rings. The lowest BCUT2D eigenvalue weighted by molar-refractivity contribution is -0.198. The second-order valence-electron chi connectivity index (χ2n) is 3.46. The summed E-state index contributed by atoms with van der Waals surface area (Å²) < 4.78 is 41.2. The van der Waals surface area contributed by atoms with Crippen LogP contribution in [0.25, 0.3) is 0 Å². The number of nitrogens with one attached hydrogen (secondary N) is 1. The van der Waals surface area contributed by atoms with Crippen molar-refractivity contribution >= 4 is 5.69 Å². The SMILES string of the molecule is COc1cnc(C)cc1NCC(O)C(F)(F)F. The van der Waals surface area contributed by atoms with Gasteiger partial charge in [0.1, 0.15) is 0 Å². The number of rotatable bonds is 4. The predicted molar refractivity (Wildman–Crippen MR) is 56.1 cm³/mol. The fourth-order valence-corrected chi connectivity index (χ4v) is 1.17. The minimum atomic E-state index is -4.64. The van der Waals surface area contributed by atoms with Crippen LogP contribution in [-0.4, -0.2) is 36.0 Å². The topological polar surface area (TPSA) is 54.4 Å². The van der Waals surface area contributed by atoms with Gasteiger partial charge in [-0.1, -0.05) is 0 Å². The molecule has 0 aliphatic rings. The van der Waals surface area contributed by atoms with Crippen LogP contribution in [-0.2, 0) is 0 Å². The first kappa shape index (κ1) is 13.6. The normalized spacial score (nSPS) is 13.3. The highest BCUT2D eigenvalue weighted by molar-refractivity contribution is 5.55. The first-order chi connectivity index (χ1) is 7.84. The lowest BCUT2D eigenvalue weighted by Gasteiger charge is -2.17. The smallest absolute Gasteiger partial charge is 0.416 e. The number of nitrogens with zero attached hydrogens (tertiary/aromatic N) is 1. The summed E-state index contributed by atoms with van der Waals surface area (Å²) in [6, 6.07) is 1.54. The van der Waals surface area contributed by atoms with E-state index in [1.54, 1.807) is 13.0 Å². The molecule has 0 saturated carbocycles. The molecule has 2 N–H and O–H groups in total. The molecule has 0 aromatic carbocycles. The van der Waals surface area contributed by atoms with Gasteiger partial charge in [-0.3, -0.25) is 4.98 Å². The summed E-state index contributed by atoms with van der Waals surface area (Å²) >= 11 is 0. The number of aryl methyl sites for hydroxylation is 1. The zero-order valence-corrected chi connectivity index (χ0v) is 9.38. The van der Waals surface area contributed by atoms with Gasteiger partial charge in [-0.25, -0.2) is 0 Å². The van der Waals surface area contributed by atoms with Crippen molar-refractivity contribution in [3.05, 3.63) is 18.0 Å². The van der Waals surface area contributed by atoms with Gasteiger partial charge in [0.15, 0.2) is 11.9 Å². The first-order valence-corrected chi connectivity index (χ1v) is 4.84. The van der Waals surface area contributed by atoms with E-state index in [1.165, 1.54) is 13.3 Å². The number of alkyl halides is 3. The average molecular weight is 250 g/mol. The van der Waals surface area contributed by atoms with Crippen LogP contribution in [0.4, 0.5) is 18.9 Å². The summed E-state index contributed by atoms with van der Waals surface area (Å²) in [6.07, 6.45) is -5.65. The maximum absolute atomic E-state index is 12.1. The Morgan fingerprint density at radius 1 is 1.53 bits per heavy atom. The van der Waals surface area contributed by atoms with Crippen molar-refractivity contribution in [1.82, 2.24) is 4.98 Å². The van der Waals surface area contributed by atoms with Crippen LogP contribution in [0.2, 0.25) is 0 Å². The Morgan fingerprint density at radius 3 is 2.71 bits per heavy atom. The van der Waals surface area contributed by atoms with Crippen LogP contribution in [0, 0.1) is 6.92 Å². The van der Waals surface area contributed by atoms with Gasteiger partial charge in [-0.15, -0.1) is 0 Å². The van der Waals surface area contributed by atoms with E-state index in [2.05, 4.69) is 10.3 Å². The van der Waals surface area contributed by atoms with Gasteiger partial charge in [0.25, 0.3) is 0 Å². The molecule has 0 spiro atoms. The Labute approximate surface area is 96.4 Å². The molecule has 1 atom stereocenters. The quantitative estimate of drug-likeness (QED) is 0.854. The molecule has 17 heavy (non-hydrogen) atoms. The maximum Gasteiger partial charge on any atom is 0.416 e. The number of methoxy groups -OCH3 is 1. The predicted octanol–water partition coefficient (Wildman–Crippen LogP) is 1.73. The van der Waals surface area contributed by atoms with Crippen molar-refractivity contribution in [3.8, 4) is 5.75 Å². The molecule has 4 nitrogen and oxygen atoms in total. The highest BCUT2D eigenvalue weighted by atomic mass is 19.4. The van der Waals surface area contributed by atoms with Crippen molar-refractivity contribution in [3.63, 3.8) is 0 Å². The molecule has 96 valence electrons. The number of aromatic nitrogens is 1. The summed E-state index contributed by atoms with van der Waals surface area (Å²) in [5.41, 5.74) is 0.998. The largest absolute Gasteiger partial charge is 0.493 e. The Kier molecular flexibility index (Phi) is 4.17. The number of aliphatic hydroxyl groups is 1. The summed E-state index contributed by atoms with van der Waals surface area (Å²) in [7, 11) is 1.39. The van der Waals surface area contributed by atoms with Gasteiger partial charge >= 0.3 is 6.18 Å². The van der Waals surface area contributed by atoms with Crippen molar-refractivity contribution in [1.29, 1.82) is 0 Å². The highest BCUT2D eigenvalue weighted by Crippen LogP contribution is 2.25. The molecule has 0 amide bonds. The molecule has 7 heteroatoms. The Hall–Kier alpha value is -1.50. The van der Waals surface area contributed by atoms with E-state index in [0.717, 1.165) is 0 Å². The molecule has 1 unspecified atom stereocenters. The number of hydrogen-bond acceptors (Lipinski definition) is 4. The summed E-state index contributed by atoms with van der Waals surface area (Å²) in [4.78, 5) is 3.94. The molecule has 1 heterocycles. The minimum absolute atomic E-state index is 0.324. The Balaban J connectivity index is 2.72. The Morgan fingerprint density at radius 2 is 2.18 bits per heavy atom. The van der Waals surface area contributed by atoms with E-state index in [4.69, 9.17) is 9.84 Å². The lowest BCUT2D eigenvalue weighted by atomic mass is 10.3. The molecule has 0 aliphatic heterocycles. The van der Waals surface area contributed by atoms with Crippen LogP contribution in [0.5, 0.6) is 5.75 Å². The van der Waals surface area contributed by atoms with E-state index in [9.17, 15) is 13.2 Å². The van der Waals surface area contributed by atoms with Crippen molar-refractivity contribution in [2.45, 2.75) is 19.2 Å². The van der Waals surface area contributed by atoms with Crippen molar-refractivity contribution in [2.75, 3.05) is 19.0 Å². The fraction of sp³-hybridized carbons (Fsp3) is 0.500. The van der Waals surface area contributed by atoms with Crippen LogP contribution < -0.4 is 10.1 Å². The summed E-state index contributed by atoms with van der Waals surface area (Å²) in [5, 5.41) is 11.3. The van der Waals surface area contributed by atoms with Gasteiger partial charge in [0, 0.05) is 12.2 Å².